The molecule has 0 atom stereocenters. The lowest BCUT2D eigenvalue weighted by molar-refractivity contribution is 0.209. The maximum absolute atomic E-state index is 6.08. The Balaban J connectivity index is 1.48. The Bertz CT molecular complexity index is 681. The molecule has 1 fully saturated rings. The molecule has 1 aliphatic heterocycles. The van der Waals surface area contributed by atoms with Crippen LogP contribution in [-0.2, 0) is 6.42 Å². The number of rotatable bonds is 5. The summed E-state index contributed by atoms with van der Waals surface area (Å²) in [5, 5.41) is 8.00. The van der Waals surface area contributed by atoms with Crippen molar-refractivity contribution < 1.29 is 0 Å². The first kappa shape index (κ1) is 17.3. The minimum atomic E-state index is 0.297. The second-order valence-corrected chi connectivity index (χ2v) is 7.03. The van der Waals surface area contributed by atoms with Crippen molar-refractivity contribution in [2.45, 2.75) is 25.3 Å². The molecule has 0 bridgehead atoms. The number of anilines is 2. The number of piperidine rings is 1. The van der Waals surface area contributed by atoms with Crippen molar-refractivity contribution in [2.24, 2.45) is 0 Å². The molecular weight excluding hydrogens is 347 g/mol. The normalized spacial score (nSPS) is 16.1. The molecule has 24 heavy (non-hydrogen) atoms. The zero-order valence-electron chi connectivity index (χ0n) is 13.7. The van der Waals surface area contributed by atoms with E-state index in [-0.39, 0.29) is 0 Å². The summed E-state index contributed by atoms with van der Waals surface area (Å²) < 4.78 is 0. The van der Waals surface area contributed by atoms with E-state index in [2.05, 4.69) is 32.0 Å². The van der Waals surface area contributed by atoms with E-state index < -0.39 is 0 Å². The van der Waals surface area contributed by atoms with Crippen molar-refractivity contribution in [2.75, 3.05) is 37.3 Å². The average molecular weight is 369 g/mol. The molecule has 2 aromatic rings. The van der Waals surface area contributed by atoms with Crippen LogP contribution in [0.2, 0.25) is 10.0 Å². The molecule has 8 heteroatoms. The van der Waals surface area contributed by atoms with Crippen LogP contribution in [-0.4, -0.2) is 52.8 Å². The molecule has 2 heterocycles. The summed E-state index contributed by atoms with van der Waals surface area (Å²) in [5.41, 5.74) is 6.78. The van der Waals surface area contributed by atoms with Crippen molar-refractivity contribution in [1.82, 2.24) is 20.1 Å². The van der Waals surface area contributed by atoms with Crippen LogP contribution in [0, 0.1) is 0 Å². The maximum Gasteiger partial charge on any atom is 0.241 e. The van der Waals surface area contributed by atoms with E-state index in [0.29, 0.717) is 22.0 Å². The number of halogens is 2. The smallest absolute Gasteiger partial charge is 0.241 e. The van der Waals surface area contributed by atoms with Crippen LogP contribution in [0.15, 0.2) is 18.2 Å². The predicted octanol–water partition coefficient (Wildman–Crippen LogP) is 2.84. The summed E-state index contributed by atoms with van der Waals surface area (Å²) in [6, 6.07) is 6.43. The fourth-order valence-electron chi connectivity index (χ4n) is 3.11. The van der Waals surface area contributed by atoms with Crippen molar-refractivity contribution >= 4 is 35.1 Å². The zero-order chi connectivity index (χ0) is 17.1. The van der Waals surface area contributed by atoms with Crippen molar-refractivity contribution in [3.05, 3.63) is 33.8 Å². The fraction of sp³-hybridized carbons (Fsp3) is 0.500. The molecule has 0 aliphatic carbocycles. The number of H-pyrrole nitrogens is 1. The van der Waals surface area contributed by atoms with Gasteiger partial charge in [-0.05, 0) is 44.0 Å². The Hall–Kier alpha value is -1.50. The summed E-state index contributed by atoms with van der Waals surface area (Å²) in [6.07, 6.45) is 3.16. The average Bonchev–Trinajstić information content (AvgIpc) is 3.02. The van der Waals surface area contributed by atoms with E-state index in [0.717, 1.165) is 44.8 Å². The lowest BCUT2D eigenvalue weighted by Crippen LogP contribution is -2.44. The molecule has 0 radical (unpaired) electrons. The molecule has 0 spiro atoms. The van der Waals surface area contributed by atoms with E-state index in [1.54, 1.807) is 0 Å². The third-order valence-corrected chi connectivity index (χ3v) is 5.35. The molecular formula is C16H22Cl2N6. The molecule has 0 unspecified atom stereocenters. The van der Waals surface area contributed by atoms with Gasteiger partial charge in [0.25, 0.3) is 0 Å². The van der Waals surface area contributed by atoms with Gasteiger partial charge in [-0.25, -0.2) is 5.10 Å². The first-order valence-corrected chi connectivity index (χ1v) is 8.85. The topological polar surface area (TPSA) is 74.1 Å². The van der Waals surface area contributed by atoms with Gasteiger partial charge in [-0.2, -0.15) is 4.98 Å². The van der Waals surface area contributed by atoms with Crippen molar-refractivity contribution in [3.63, 3.8) is 0 Å². The number of benzene rings is 1. The quantitative estimate of drug-likeness (QED) is 0.848. The van der Waals surface area contributed by atoms with Gasteiger partial charge in [0.2, 0.25) is 11.9 Å². The Morgan fingerprint density at radius 1 is 1.29 bits per heavy atom. The van der Waals surface area contributed by atoms with Gasteiger partial charge in [0.05, 0.1) is 10.0 Å². The second-order valence-electron chi connectivity index (χ2n) is 6.21. The molecule has 1 aromatic heterocycles. The van der Waals surface area contributed by atoms with E-state index >= 15 is 0 Å². The van der Waals surface area contributed by atoms with Crippen LogP contribution in [0.3, 0.4) is 0 Å². The van der Waals surface area contributed by atoms with Crippen LogP contribution >= 0.6 is 23.2 Å². The third kappa shape index (κ3) is 4.12. The minimum Gasteiger partial charge on any atom is -0.366 e. The van der Waals surface area contributed by atoms with Crippen LogP contribution < -0.4 is 10.6 Å². The number of nitrogens with two attached hydrogens (primary N) is 1. The highest BCUT2D eigenvalue weighted by Crippen LogP contribution is 2.23. The highest BCUT2D eigenvalue weighted by Gasteiger charge is 2.24. The minimum absolute atomic E-state index is 0.297. The highest BCUT2D eigenvalue weighted by molar-refractivity contribution is 6.42. The number of aromatic amines is 1. The predicted molar refractivity (Wildman–Crippen MR) is 98.8 cm³/mol. The summed E-state index contributed by atoms with van der Waals surface area (Å²) in [4.78, 5) is 8.82. The Kier molecular flexibility index (Phi) is 5.48. The van der Waals surface area contributed by atoms with Crippen LogP contribution in [0.4, 0.5) is 11.9 Å². The SMILES string of the molecule is CN(CCc1ccc(Cl)c(Cl)c1)C1CCN(c2nc(N)n[nH]2)CC1. The van der Waals surface area contributed by atoms with E-state index in [4.69, 9.17) is 28.9 Å². The molecule has 6 nitrogen and oxygen atoms in total. The Morgan fingerprint density at radius 2 is 2.04 bits per heavy atom. The number of hydrogen-bond donors (Lipinski definition) is 2. The lowest BCUT2D eigenvalue weighted by atomic mass is 10.0. The Morgan fingerprint density at radius 3 is 2.67 bits per heavy atom. The lowest BCUT2D eigenvalue weighted by Gasteiger charge is -2.36. The van der Waals surface area contributed by atoms with Crippen LogP contribution in [0.25, 0.3) is 0 Å². The molecule has 3 rings (SSSR count). The monoisotopic (exact) mass is 368 g/mol. The molecule has 0 saturated carbocycles. The Labute approximate surface area is 151 Å². The van der Waals surface area contributed by atoms with Crippen molar-refractivity contribution in [3.8, 4) is 0 Å². The van der Waals surface area contributed by atoms with Gasteiger partial charge in [0, 0.05) is 25.7 Å². The third-order valence-electron chi connectivity index (χ3n) is 4.62. The van der Waals surface area contributed by atoms with Gasteiger partial charge >= 0.3 is 0 Å². The molecule has 1 saturated heterocycles. The van der Waals surface area contributed by atoms with Crippen molar-refractivity contribution in [1.29, 1.82) is 0 Å². The fourth-order valence-corrected chi connectivity index (χ4v) is 3.43. The zero-order valence-corrected chi connectivity index (χ0v) is 15.2. The summed E-state index contributed by atoms with van der Waals surface area (Å²) in [6.45, 7) is 2.91. The molecule has 0 amide bonds. The van der Waals surface area contributed by atoms with Gasteiger partial charge in [-0.3, -0.25) is 0 Å². The van der Waals surface area contributed by atoms with Crippen LogP contribution in [0.5, 0.6) is 0 Å². The van der Waals surface area contributed by atoms with Crippen LogP contribution in [0.1, 0.15) is 18.4 Å². The number of nitrogens with zero attached hydrogens (tertiary/aromatic N) is 4. The number of nitrogens with one attached hydrogen (secondary N) is 1. The molecule has 1 aliphatic rings. The largest absolute Gasteiger partial charge is 0.366 e. The highest BCUT2D eigenvalue weighted by atomic mass is 35.5. The van der Waals surface area contributed by atoms with Gasteiger partial charge in [0.15, 0.2) is 0 Å². The van der Waals surface area contributed by atoms with Gasteiger partial charge in [-0.15, -0.1) is 5.10 Å². The van der Waals surface area contributed by atoms with E-state index in [1.807, 2.05) is 18.2 Å². The van der Waals surface area contributed by atoms with Gasteiger partial charge < -0.3 is 15.5 Å². The van der Waals surface area contributed by atoms with E-state index in [9.17, 15) is 0 Å². The molecule has 130 valence electrons. The van der Waals surface area contributed by atoms with Gasteiger partial charge in [0.1, 0.15) is 0 Å². The summed E-state index contributed by atoms with van der Waals surface area (Å²) in [5.74, 6) is 1.07. The number of hydrogen-bond acceptors (Lipinski definition) is 5. The number of likely N-dealkylation sites (N-methyl/N-ethyl adjacent to an activating group) is 1. The standard InChI is InChI=1S/C16H22Cl2N6/c1-23(7-4-11-2-3-13(17)14(18)10-11)12-5-8-24(9-6-12)16-20-15(19)21-22-16/h2-3,10,12H,4-9H2,1H3,(H3,19,20,21,22). The first-order chi connectivity index (χ1) is 11.5. The molecule has 1 aromatic carbocycles. The number of aromatic nitrogens is 3. The molecule has 3 N–H and O–H groups in total. The summed E-state index contributed by atoms with van der Waals surface area (Å²) >= 11 is 12.0. The maximum atomic E-state index is 6.08. The number of nitrogen functional groups attached to an aromatic ring is 1. The first-order valence-electron chi connectivity index (χ1n) is 8.10. The summed E-state index contributed by atoms with van der Waals surface area (Å²) in [7, 11) is 2.18. The van der Waals surface area contributed by atoms with Gasteiger partial charge in [-0.1, -0.05) is 29.3 Å². The second kappa shape index (κ2) is 7.59. The van der Waals surface area contributed by atoms with E-state index in [1.165, 1.54) is 5.56 Å².